The maximum absolute atomic E-state index is 5.63. The molecule has 2 unspecified atom stereocenters. The van der Waals surface area contributed by atoms with Gasteiger partial charge in [-0.2, -0.15) is 0 Å². The minimum atomic E-state index is 0.536. The zero-order valence-corrected chi connectivity index (χ0v) is 9.60. The zero-order valence-electron chi connectivity index (χ0n) is 9.60. The Hall–Kier alpha value is -1.09. The van der Waals surface area contributed by atoms with Gasteiger partial charge in [0.15, 0.2) is 0 Å². The van der Waals surface area contributed by atoms with Gasteiger partial charge in [-0.05, 0) is 36.8 Å². The van der Waals surface area contributed by atoms with Crippen molar-refractivity contribution < 1.29 is 0 Å². The highest BCUT2D eigenvalue weighted by molar-refractivity contribution is 5.41. The number of nitrogens with two attached hydrogens (primary N) is 1. The van der Waals surface area contributed by atoms with Crippen LogP contribution in [0.1, 0.15) is 25.0 Å². The van der Waals surface area contributed by atoms with Crippen LogP contribution in [0.2, 0.25) is 0 Å². The largest absolute Gasteiger partial charge is 0.356 e. The number of rotatable bonds is 2. The molecule has 2 N–H and O–H groups in total. The summed E-state index contributed by atoms with van der Waals surface area (Å²) in [7, 11) is 0. The number of anilines is 1. The van der Waals surface area contributed by atoms with Crippen LogP contribution >= 0.6 is 0 Å². The van der Waals surface area contributed by atoms with Gasteiger partial charge < -0.3 is 10.6 Å². The van der Waals surface area contributed by atoms with Crippen LogP contribution in [-0.2, 0) is 6.54 Å². The molecule has 2 heterocycles. The van der Waals surface area contributed by atoms with E-state index in [4.69, 9.17) is 5.73 Å². The Morgan fingerprint density at radius 1 is 1.25 bits per heavy atom. The molecular weight excluding hydrogens is 198 g/mol. The molecule has 2 fully saturated rings. The van der Waals surface area contributed by atoms with Crippen LogP contribution < -0.4 is 10.6 Å². The van der Waals surface area contributed by atoms with Gasteiger partial charge in [-0.3, -0.25) is 0 Å². The molecule has 86 valence electrons. The lowest BCUT2D eigenvalue weighted by molar-refractivity contribution is 0.494. The van der Waals surface area contributed by atoms with Gasteiger partial charge in [-0.1, -0.05) is 12.5 Å². The molecule has 3 nitrogen and oxygen atoms in total. The van der Waals surface area contributed by atoms with Gasteiger partial charge in [0.25, 0.3) is 0 Å². The summed E-state index contributed by atoms with van der Waals surface area (Å²) in [6, 6.07) is 6.18. The van der Waals surface area contributed by atoms with E-state index in [2.05, 4.69) is 22.0 Å². The molecule has 2 atom stereocenters. The van der Waals surface area contributed by atoms with Crippen LogP contribution in [0.25, 0.3) is 0 Å². The zero-order chi connectivity index (χ0) is 11.0. The lowest BCUT2D eigenvalue weighted by Crippen LogP contribution is -2.22. The first-order valence-corrected chi connectivity index (χ1v) is 6.28. The summed E-state index contributed by atoms with van der Waals surface area (Å²) in [5, 5.41) is 0. The molecule has 0 bridgehead atoms. The number of hydrogen-bond donors (Lipinski definition) is 1. The van der Waals surface area contributed by atoms with Crippen molar-refractivity contribution in [3.05, 3.63) is 23.9 Å². The fourth-order valence-corrected chi connectivity index (χ4v) is 3.18. The Morgan fingerprint density at radius 2 is 2.00 bits per heavy atom. The van der Waals surface area contributed by atoms with Gasteiger partial charge in [-0.25, -0.2) is 4.98 Å². The molecule has 1 saturated heterocycles. The van der Waals surface area contributed by atoms with Crippen molar-refractivity contribution in [2.24, 2.45) is 17.6 Å². The van der Waals surface area contributed by atoms with Gasteiger partial charge in [0.05, 0.1) is 5.69 Å². The van der Waals surface area contributed by atoms with Crippen molar-refractivity contribution >= 4 is 5.82 Å². The predicted molar refractivity (Wildman–Crippen MR) is 65.2 cm³/mol. The number of fused-ring (bicyclic) bond motifs is 1. The van der Waals surface area contributed by atoms with Crippen LogP contribution in [0.5, 0.6) is 0 Å². The maximum atomic E-state index is 5.63. The van der Waals surface area contributed by atoms with Crippen LogP contribution in [0.15, 0.2) is 18.2 Å². The van der Waals surface area contributed by atoms with Crippen molar-refractivity contribution in [2.45, 2.75) is 25.8 Å². The fourth-order valence-electron chi connectivity index (χ4n) is 3.18. The predicted octanol–water partition coefficient (Wildman–Crippen LogP) is 1.78. The van der Waals surface area contributed by atoms with Gasteiger partial charge >= 0.3 is 0 Å². The highest BCUT2D eigenvalue weighted by atomic mass is 15.2. The van der Waals surface area contributed by atoms with Gasteiger partial charge in [0, 0.05) is 19.6 Å². The highest BCUT2D eigenvalue weighted by Crippen LogP contribution is 2.38. The van der Waals surface area contributed by atoms with E-state index in [1.165, 1.54) is 32.4 Å². The summed E-state index contributed by atoms with van der Waals surface area (Å²) in [5.41, 5.74) is 6.62. The first-order valence-electron chi connectivity index (χ1n) is 6.28. The number of aromatic nitrogens is 1. The topological polar surface area (TPSA) is 42.1 Å². The minimum absolute atomic E-state index is 0.536. The maximum Gasteiger partial charge on any atom is 0.128 e. The summed E-state index contributed by atoms with van der Waals surface area (Å²) in [6.07, 6.45) is 4.26. The van der Waals surface area contributed by atoms with Crippen LogP contribution in [0.3, 0.4) is 0 Å². The van der Waals surface area contributed by atoms with Crippen molar-refractivity contribution in [1.82, 2.24) is 4.98 Å². The smallest absolute Gasteiger partial charge is 0.128 e. The SMILES string of the molecule is NCc1cccc(N2CC3CCCC3C2)n1. The lowest BCUT2D eigenvalue weighted by Gasteiger charge is -2.18. The standard InChI is InChI=1S/C13H19N3/c14-7-12-5-2-6-13(15-12)16-8-10-3-1-4-11(10)9-16/h2,5-6,10-11H,1,3-4,7-9,14H2. The van der Waals surface area contributed by atoms with Crippen molar-refractivity contribution in [3.63, 3.8) is 0 Å². The molecule has 0 spiro atoms. The Balaban J connectivity index is 1.78. The fraction of sp³-hybridized carbons (Fsp3) is 0.615. The molecule has 0 radical (unpaired) electrons. The quantitative estimate of drug-likeness (QED) is 0.821. The molecule has 1 aliphatic heterocycles. The average Bonchev–Trinajstić information content (AvgIpc) is 2.89. The molecular formula is C13H19N3. The Morgan fingerprint density at radius 3 is 2.69 bits per heavy atom. The molecule has 1 aromatic rings. The van der Waals surface area contributed by atoms with E-state index in [1.54, 1.807) is 0 Å². The summed E-state index contributed by atoms with van der Waals surface area (Å²) in [6.45, 7) is 2.94. The van der Waals surface area contributed by atoms with E-state index in [0.29, 0.717) is 6.54 Å². The molecule has 0 aromatic carbocycles. The van der Waals surface area contributed by atoms with Crippen LogP contribution in [0.4, 0.5) is 5.82 Å². The molecule has 1 saturated carbocycles. The Kier molecular flexibility index (Phi) is 2.56. The number of nitrogens with zero attached hydrogens (tertiary/aromatic N) is 2. The van der Waals surface area contributed by atoms with Crippen LogP contribution in [-0.4, -0.2) is 18.1 Å². The van der Waals surface area contributed by atoms with Gasteiger partial charge in [0.1, 0.15) is 5.82 Å². The van der Waals surface area contributed by atoms with E-state index in [-0.39, 0.29) is 0 Å². The third kappa shape index (κ3) is 1.69. The first kappa shape index (κ1) is 10.1. The molecule has 3 heteroatoms. The van der Waals surface area contributed by atoms with Crippen molar-refractivity contribution in [1.29, 1.82) is 0 Å². The molecule has 3 rings (SSSR count). The second-order valence-corrected chi connectivity index (χ2v) is 5.05. The molecule has 2 aliphatic rings. The van der Waals surface area contributed by atoms with E-state index in [9.17, 15) is 0 Å². The summed E-state index contributed by atoms with van der Waals surface area (Å²) < 4.78 is 0. The van der Waals surface area contributed by atoms with E-state index >= 15 is 0 Å². The third-order valence-corrected chi connectivity index (χ3v) is 4.05. The molecule has 1 aliphatic carbocycles. The molecule has 0 amide bonds. The first-order chi connectivity index (χ1) is 7.86. The van der Waals surface area contributed by atoms with Crippen molar-refractivity contribution in [2.75, 3.05) is 18.0 Å². The van der Waals surface area contributed by atoms with Crippen LogP contribution in [0, 0.1) is 11.8 Å². The Bertz CT molecular complexity index is 365. The summed E-state index contributed by atoms with van der Waals surface area (Å²) in [4.78, 5) is 7.04. The summed E-state index contributed by atoms with van der Waals surface area (Å²) in [5.74, 6) is 2.96. The number of pyridine rings is 1. The normalized spacial score (nSPS) is 28.4. The molecule has 16 heavy (non-hydrogen) atoms. The van der Waals surface area contributed by atoms with E-state index in [0.717, 1.165) is 23.3 Å². The lowest BCUT2D eigenvalue weighted by atomic mass is 10.0. The highest BCUT2D eigenvalue weighted by Gasteiger charge is 2.36. The monoisotopic (exact) mass is 217 g/mol. The van der Waals surface area contributed by atoms with E-state index in [1.807, 2.05) is 6.07 Å². The average molecular weight is 217 g/mol. The second kappa shape index (κ2) is 4.06. The second-order valence-electron chi connectivity index (χ2n) is 5.05. The van der Waals surface area contributed by atoms with Crippen molar-refractivity contribution in [3.8, 4) is 0 Å². The third-order valence-electron chi connectivity index (χ3n) is 4.05. The van der Waals surface area contributed by atoms with Gasteiger partial charge in [-0.15, -0.1) is 0 Å². The summed E-state index contributed by atoms with van der Waals surface area (Å²) >= 11 is 0. The van der Waals surface area contributed by atoms with Gasteiger partial charge in [0.2, 0.25) is 0 Å². The molecule has 1 aromatic heterocycles. The van der Waals surface area contributed by atoms with E-state index < -0.39 is 0 Å². The minimum Gasteiger partial charge on any atom is -0.356 e. The number of hydrogen-bond acceptors (Lipinski definition) is 3. The Labute approximate surface area is 96.7 Å².